The van der Waals surface area contributed by atoms with Crippen LogP contribution < -0.4 is 0 Å². The predicted octanol–water partition coefficient (Wildman–Crippen LogP) is 1.21. The average Bonchev–Trinajstić information content (AvgIpc) is 2.25. The van der Waals surface area contributed by atoms with Gasteiger partial charge in [0.1, 0.15) is 0 Å². The van der Waals surface area contributed by atoms with E-state index < -0.39 is 20.5 Å². The minimum absolute atomic E-state index is 0. The van der Waals surface area contributed by atoms with Gasteiger partial charge >= 0.3 is 11.8 Å². The van der Waals surface area contributed by atoms with Crippen molar-refractivity contribution in [2.45, 2.75) is 4.90 Å². The van der Waals surface area contributed by atoms with Crippen LogP contribution in [0.4, 0.5) is 0 Å². The molecule has 0 aliphatic carbocycles. The van der Waals surface area contributed by atoms with Crippen LogP contribution in [0.5, 0.6) is 0 Å². The molecule has 0 saturated heterocycles. The van der Waals surface area contributed by atoms with Gasteiger partial charge in [-0.3, -0.25) is 13.7 Å². The highest BCUT2D eigenvalue weighted by Gasteiger charge is 2.09. The zero-order valence-electron chi connectivity index (χ0n) is 11.2. The van der Waals surface area contributed by atoms with Crippen molar-refractivity contribution in [3.8, 4) is 0 Å². The molecule has 3 radical (unpaired) electrons. The van der Waals surface area contributed by atoms with E-state index in [-0.39, 0.29) is 23.7 Å². The Kier molecular flexibility index (Phi) is 8.88. The number of allylic oxidation sites excluding steroid dienone is 2. The highest BCUT2D eigenvalue weighted by atomic mass is 32.3. The van der Waals surface area contributed by atoms with E-state index in [2.05, 4.69) is 13.2 Å². The molecule has 0 spiro atoms. The molecule has 0 aromatic heterocycles. The first-order chi connectivity index (χ1) is 8.45. The summed E-state index contributed by atoms with van der Waals surface area (Å²) in [6.45, 7) is 7.19. The Morgan fingerprint density at radius 3 is 1.95 bits per heavy atom. The summed E-state index contributed by atoms with van der Waals surface area (Å²) in [5.74, 6) is 0. The SMILES string of the molecule is C=CC(=C)c1cccc(S(=O)(=O)O)c1.O=S(=O)(O)O.[Al].[H+]. The molecule has 0 aliphatic heterocycles. The molecule has 0 unspecified atom stereocenters. The van der Waals surface area contributed by atoms with Crippen molar-refractivity contribution in [3.63, 3.8) is 0 Å². The van der Waals surface area contributed by atoms with Gasteiger partial charge in [0.15, 0.2) is 0 Å². The first-order valence-corrected chi connectivity index (χ1v) is 7.38. The van der Waals surface area contributed by atoms with E-state index in [4.69, 9.17) is 22.1 Å². The van der Waals surface area contributed by atoms with Crippen molar-refractivity contribution in [1.29, 1.82) is 0 Å². The summed E-state index contributed by atoms with van der Waals surface area (Å²) in [7, 11) is -8.81. The molecule has 1 rings (SSSR count). The van der Waals surface area contributed by atoms with E-state index in [1.54, 1.807) is 6.07 Å². The molecule has 0 saturated carbocycles. The van der Waals surface area contributed by atoms with Crippen LogP contribution in [0.1, 0.15) is 6.99 Å². The van der Waals surface area contributed by atoms with Gasteiger partial charge in [0, 0.05) is 17.4 Å². The van der Waals surface area contributed by atoms with Crippen LogP contribution in [0.2, 0.25) is 0 Å². The third-order valence-corrected chi connectivity index (χ3v) is 2.60. The van der Waals surface area contributed by atoms with Crippen molar-refractivity contribution in [2.75, 3.05) is 0 Å². The van der Waals surface area contributed by atoms with Crippen LogP contribution in [-0.4, -0.2) is 47.9 Å². The Labute approximate surface area is 129 Å². The van der Waals surface area contributed by atoms with Gasteiger partial charge in [-0.25, -0.2) is 0 Å². The average molecular weight is 336 g/mol. The third-order valence-electron chi connectivity index (χ3n) is 1.75. The number of rotatable bonds is 3. The smallest absolute Gasteiger partial charge is 0.282 e. The van der Waals surface area contributed by atoms with E-state index in [9.17, 15) is 8.42 Å². The molecular formula is C10H13AlO7S2+. The summed E-state index contributed by atoms with van der Waals surface area (Å²) in [5.41, 5.74) is 1.23. The maximum atomic E-state index is 10.8. The summed E-state index contributed by atoms with van der Waals surface area (Å²) in [4.78, 5) is -0.141. The lowest BCUT2D eigenvalue weighted by atomic mass is 10.1. The molecule has 0 heterocycles. The molecule has 0 amide bonds. The molecule has 7 nitrogen and oxygen atoms in total. The van der Waals surface area contributed by atoms with Gasteiger partial charge in [0.2, 0.25) is 0 Å². The fourth-order valence-corrected chi connectivity index (χ4v) is 1.50. The van der Waals surface area contributed by atoms with Crippen LogP contribution in [-0.2, 0) is 20.5 Å². The number of hydrogen-bond donors (Lipinski definition) is 3. The van der Waals surface area contributed by atoms with Crippen LogP contribution in [0.25, 0.3) is 5.57 Å². The van der Waals surface area contributed by atoms with Crippen LogP contribution in [0, 0.1) is 0 Å². The van der Waals surface area contributed by atoms with E-state index in [0.717, 1.165) is 0 Å². The molecule has 0 aliphatic rings. The van der Waals surface area contributed by atoms with Crippen molar-refractivity contribution in [1.82, 2.24) is 0 Å². The monoisotopic (exact) mass is 336 g/mol. The van der Waals surface area contributed by atoms with Crippen molar-refractivity contribution >= 4 is 43.5 Å². The van der Waals surface area contributed by atoms with Gasteiger partial charge in [-0.2, -0.15) is 16.8 Å². The standard InChI is InChI=1S/C10H10O3S.Al.H2O4S/c1-3-8(2)9-5-4-6-10(7-9)14(11,12)13;;1-5(2,3)4/h3-7H,1-2H2,(H,11,12,13);;(H2,1,2,3,4)/p+1. The Morgan fingerprint density at radius 2 is 1.60 bits per heavy atom. The Hall–Kier alpha value is -0.988. The quantitative estimate of drug-likeness (QED) is 0.430. The lowest BCUT2D eigenvalue weighted by Crippen LogP contribution is -1.98. The number of hydrogen-bond acceptors (Lipinski definition) is 4. The molecule has 0 atom stereocenters. The second-order valence-corrected chi connectivity index (χ2v) is 5.50. The van der Waals surface area contributed by atoms with Gasteiger partial charge in [0.25, 0.3) is 10.1 Å². The summed E-state index contributed by atoms with van der Waals surface area (Å²) >= 11 is 0. The van der Waals surface area contributed by atoms with E-state index in [1.807, 2.05) is 0 Å². The van der Waals surface area contributed by atoms with Crippen LogP contribution in [0.3, 0.4) is 0 Å². The lowest BCUT2D eigenvalue weighted by Gasteiger charge is -2.02. The van der Waals surface area contributed by atoms with Gasteiger partial charge < -0.3 is 0 Å². The fraction of sp³-hybridized carbons (Fsp3) is 0. The van der Waals surface area contributed by atoms with Crippen molar-refractivity contribution in [3.05, 3.63) is 49.1 Å². The minimum atomic E-state index is -4.67. The fourth-order valence-electron chi connectivity index (χ4n) is 0.974. The second kappa shape index (κ2) is 8.33. The molecule has 1 aromatic carbocycles. The molecule has 3 N–H and O–H groups in total. The molecule has 109 valence electrons. The van der Waals surface area contributed by atoms with Crippen LogP contribution in [0.15, 0.2) is 48.4 Å². The highest BCUT2D eigenvalue weighted by Crippen LogP contribution is 2.17. The van der Waals surface area contributed by atoms with Crippen LogP contribution >= 0.6 is 0 Å². The summed E-state index contributed by atoms with van der Waals surface area (Å²) in [6.07, 6.45) is 1.52. The molecule has 1 aromatic rings. The van der Waals surface area contributed by atoms with Gasteiger partial charge in [0.05, 0.1) is 4.90 Å². The molecule has 0 fully saturated rings. The third kappa shape index (κ3) is 9.88. The first-order valence-electron chi connectivity index (χ1n) is 4.54. The number of benzene rings is 1. The summed E-state index contributed by atoms with van der Waals surface area (Å²) < 4.78 is 62.0. The summed E-state index contributed by atoms with van der Waals surface area (Å²) in [6, 6.07) is 5.89. The van der Waals surface area contributed by atoms with Crippen molar-refractivity contribution < 1.29 is 31.9 Å². The Morgan fingerprint density at radius 1 is 1.15 bits per heavy atom. The molecule has 20 heavy (non-hydrogen) atoms. The van der Waals surface area contributed by atoms with Gasteiger partial charge in [-0.05, 0) is 23.3 Å². The second-order valence-electron chi connectivity index (χ2n) is 3.18. The largest absolute Gasteiger partial charge is 1.00 e. The summed E-state index contributed by atoms with van der Waals surface area (Å²) in [5, 5.41) is 0. The topological polar surface area (TPSA) is 129 Å². The first kappa shape index (κ1) is 21.3. The highest BCUT2D eigenvalue weighted by molar-refractivity contribution is 7.85. The molecular weight excluding hydrogens is 323 g/mol. The molecule has 10 heteroatoms. The van der Waals surface area contributed by atoms with Gasteiger partial charge in [-0.1, -0.05) is 31.4 Å². The molecule has 0 bridgehead atoms. The normalized spacial score (nSPS) is 10.6. The zero-order chi connectivity index (χ0) is 15.3. The maximum absolute atomic E-state index is 10.8. The van der Waals surface area contributed by atoms with E-state index >= 15 is 0 Å². The minimum Gasteiger partial charge on any atom is -0.282 e. The Balaban J connectivity index is -0.000000405. The predicted molar refractivity (Wildman–Crippen MR) is 76.5 cm³/mol. The van der Waals surface area contributed by atoms with Gasteiger partial charge in [-0.15, -0.1) is 0 Å². The van der Waals surface area contributed by atoms with E-state index in [0.29, 0.717) is 11.1 Å². The lowest BCUT2D eigenvalue weighted by molar-refractivity contribution is 0.381. The zero-order valence-corrected chi connectivity index (χ0v) is 13.0. The maximum Gasteiger partial charge on any atom is 1.00 e. The Bertz CT molecular complexity index is 675. The van der Waals surface area contributed by atoms with E-state index in [1.165, 1.54) is 24.3 Å². The van der Waals surface area contributed by atoms with Crippen molar-refractivity contribution in [2.24, 2.45) is 0 Å².